The molecular formula is C11H15ClN2O3S. The van der Waals surface area contributed by atoms with Gasteiger partial charge in [-0.3, -0.25) is 0 Å². The summed E-state index contributed by atoms with van der Waals surface area (Å²) in [5.41, 5.74) is 5.90. The number of aliphatic hydroxyl groups is 1. The molecule has 0 unspecified atom stereocenters. The van der Waals surface area contributed by atoms with Gasteiger partial charge >= 0.3 is 0 Å². The summed E-state index contributed by atoms with van der Waals surface area (Å²) in [7, 11) is -3.76. The minimum atomic E-state index is -3.76. The molecule has 18 heavy (non-hydrogen) atoms. The number of halogens is 1. The van der Waals surface area contributed by atoms with Gasteiger partial charge in [-0.1, -0.05) is 17.7 Å². The Morgan fingerprint density at radius 1 is 1.50 bits per heavy atom. The van der Waals surface area contributed by atoms with Crippen LogP contribution in [0.25, 0.3) is 0 Å². The molecule has 0 spiro atoms. The molecule has 0 amide bonds. The van der Waals surface area contributed by atoms with Gasteiger partial charge in [0.05, 0.1) is 11.6 Å². The highest BCUT2D eigenvalue weighted by Crippen LogP contribution is 2.26. The van der Waals surface area contributed by atoms with Crippen LogP contribution >= 0.6 is 11.6 Å². The third-order valence-electron chi connectivity index (χ3n) is 2.26. The van der Waals surface area contributed by atoms with E-state index in [1.165, 1.54) is 24.3 Å². The summed E-state index contributed by atoms with van der Waals surface area (Å²) in [4.78, 5) is -0.0336. The van der Waals surface area contributed by atoms with Crippen molar-refractivity contribution in [1.29, 1.82) is 0 Å². The fourth-order valence-electron chi connectivity index (χ4n) is 1.43. The molecule has 0 bridgehead atoms. The molecule has 5 nitrogen and oxygen atoms in total. The molecule has 0 saturated heterocycles. The van der Waals surface area contributed by atoms with Crippen molar-refractivity contribution in [2.24, 2.45) is 0 Å². The molecule has 3 N–H and O–H groups in total. The van der Waals surface area contributed by atoms with Crippen LogP contribution in [0.1, 0.15) is 0 Å². The smallest absolute Gasteiger partial charge is 0.244 e. The molecule has 1 rings (SSSR count). The van der Waals surface area contributed by atoms with Crippen LogP contribution in [0.5, 0.6) is 0 Å². The quantitative estimate of drug-likeness (QED) is 0.607. The lowest BCUT2D eigenvalue weighted by atomic mass is 10.3. The normalized spacial score (nSPS) is 11.7. The summed E-state index contributed by atoms with van der Waals surface area (Å²) in [5.74, 6) is 0. The number of rotatable bonds is 6. The molecule has 0 heterocycles. The number of sulfonamides is 1. The van der Waals surface area contributed by atoms with Crippen molar-refractivity contribution in [3.63, 3.8) is 0 Å². The van der Waals surface area contributed by atoms with Crippen LogP contribution in [-0.2, 0) is 10.0 Å². The number of hydrogen-bond acceptors (Lipinski definition) is 4. The molecule has 1 aromatic rings. The van der Waals surface area contributed by atoms with E-state index in [4.69, 9.17) is 22.4 Å². The van der Waals surface area contributed by atoms with Gasteiger partial charge in [-0.2, -0.15) is 4.31 Å². The second-order valence-electron chi connectivity index (χ2n) is 3.57. The highest BCUT2D eigenvalue weighted by molar-refractivity contribution is 7.89. The predicted molar refractivity (Wildman–Crippen MR) is 71.9 cm³/mol. The van der Waals surface area contributed by atoms with E-state index in [1.807, 2.05) is 0 Å². The Morgan fingerprint density at radius 2 is 2.17 bits per heavy atom. The standard InChI is InChI=1S/C11H15ClN2O3S/c1-2-5-14(6-7-15)18(16,17)11-4-3-9(13)8-10(11)12/h2-4,8,15H,1,5-7,13H2. The van der Waals surface area contributed by atoms with E-state index >= 15 is 0 Å². The first kappa shape index (κ1) is 15.0. The zero-order valence-corrected chi connectivity index (χ0v) is 11.3. The molecule has 0 aliphatic rings. The van der Waals surface area contributed by atoms with Crippen LogP contribution in [0.3, 0.4) is 0 Å². The van der Waals surface area contributed by atoms with E-state index < -0.39 is 10.0 Å². The van der Waals surface area contributed by atoms with Crippen LogP contribution < -0.4 is 5.73 Å². The highest BCUT2D eigenvalue weighted by atomic mass is 35.5. The van der Waals surface area contributed by atoms with Gasteiger partial charge < -0.3 is 10.8 Å². The van der Waals surface area contributed by atoms with Crippen molar-refractivity contribution < 1.29 is 13.5 Å². The fourth-order valence-corrected chi connectivity index (χ4v) is 3.36. The van der Waals surface area contributed by atoms with Crippen molar-refractivity contribution in [2.45, 2.75) is 4.90 Å². The van der Waals surface area contributed by atoms with E-state index in [1.54, 1.807) is 0 Å². The zero-order valence-electron chi connectivity index (χ0n) is 9.71. The highest BCUT2D eigenvalue weighted by Gasteiger charge is 2.25. The van der Waals surface area contributed by atoms with Crippen LogP contribution in [-0.4, -0.2) is 37.5 Å². The van der Waals surface area contributed by atoms with Gasteiger partial charge in [0.15, 0.2) is 0 Å². The average Bonchev–Trinajstić information content (AvgIpc) is 2.28. The van der Waals surface area contributed by atoms with Gasteiger partial charge in [-0.05, 0) is 18.2 Å². The van der Waals surface area contributed by atoms with Gasteiger partial charge in [-0.15, -0.1) is 6.58 Å². The summed E-state index contributed by atoms with van der Waals surface area (Å²) in [6, 6.07) is 4.18. The number of hydrogen-bond donors (Lipinski definition) is 2. The molecule has 100 valence electrons. The number of nitrogens with two attached hydrogens (primary N) is 1. The Kier molecular flexibility index (Phi) is 5.15. The first-order chi connectivity index (χ1) is 8.43. The fraction of sp³-hybridized carbons (Fsp3) is 0.273. The second-order valence-corrected chi connectivity index (χ2v) is 5.88. The lowest BCUT2D eigenvalue weighted by Gasteiger charge is -2.20. The topological polar surface area (TPSA) is 83.6 Å². The molecule has 0 aliphatic carbocycles. The largest absolute Gasteiger partial charge is 0.399 e. The van der Waals surface area contributed by atoms with Crippen molar-refractivity contribution in [3.05, 3.63) is 35.9 Å². The molecule has 0 fully saturated rings. The maximum atomic E-state index is 12.3. The van der Waals surface area contributed by atoms with E-state index in [0.717, 1.165) is 4.31 Å². The third kappa shape index (κ3) is 3.23. The first-order valence-corrected chi connectivity index (χ1v) is 7.02. The summed E-state index contributed by atoms with van der Waals surface area (Å²) >= 11 is 5.88. The Bertz CT molecular complexity index is 531. The van der Waals surface area contributed by atoms with Gasteiger partial charge in [0.1, 0.15) is 4.90 Å². The van der Waals surface area contributed by atoms with Gasteiger partial charge in [-0.25, -0.2) is 8.42 Å². The maximum Gasteiger partial charge on any atom is 0.244 e. The summed E-state index contributed by atoms with van der Waals surface area (Å²) in [5, 5.41) is 8.95. The molecular weight excluding hydrogens is 276 g/mol. The molecule has 1 aromatic carbocycles. The molecule has 0 radical (unpaired) electrons. The minimum absolute atomic E-state index is 0.0188. The zero-order chi connectivity index (χ0) is 13.8. The molecule has 0 saturated carbocycles. The Hall–Kier alpha value is -1.08. The summed E-state index contributed by atoms with van der Waals surface area (Å²) in [6.07, 6.45) is 1.44. The Balaban J connectivity index is 3.21. The van der Waals surface area contributed by atoms with Crippen LogP contribution in [0.2, 0.25) is 5.02 Å². The SMILES string of the molecule is C=CCN(CCO)S(=O)(=O)c1ccc(N)cc1Cl. The summed E-state index contributed by atoms with van der Waals surface area (Å²) in [6.45, 7) is 3.29. The first-order valence-electron chi connectivity index (χ1n) is 5.20. The number of nitrogen functional groups attached to an aromatic ring is 1. The number of anilines is 1. The van der Waals surface area contributed by atoms with E-state index in [9.17, 15) is 8.42 Å². The van der Waals surface area contributed by atoms with Crippen molar-refractivity contribution >= 4 is 27.3 Å². The van der Waals surface area contributed by atoms with Gasteiger partial charge in [0.25, 0.3) is 0 Å². The van der Waals surface area contributed by atoms with Crippen molar-refractivity contribution in [3.8, 4) is 0 Å². The molecule has 0 aliphatic heterocycles. The number of benzene rings is 1. The van der Waals surface area contributed by atoms with E-state index in [-0.39, 0.29) is 29.6 Å². The molecule has 7 heteroatoms. The van der Waals surface area contributed by atoms with Gasteiger partial charge in [0.2, 0.25) is 10.0 Å². The average molecular weight is 291 g/mol. The van der Waals surface area contributed by atoms with E-state index in [2.05, 4.69) is 6.58 Å². The van der Waals surface area contributed by atoms with Crippen molar-refractivity contribution in [2.75, 3.05) is 25.4 Å². The van der Waals surface area contributed by atoms with Crippen molar-refractivity contribution in [1.82, 2.24) is 4.31 Å². The molecule has 0 aromatic heterocycles. The lowest BCUT2D eigenvalue weighted by Crippen LogP contribution is -2.33. The summed E-state index contributed by atoms with van der Waals surface area (Å²) < 4.78 is 25.7. The van der Waals surface area contributed by atoms with Gasteiger partial charge in [0, 0.05) is 18.8 Å². The monoisotopic (exact) mass is 290 g/mol. The predicted octanol–water partition coefficient (Wildman–Crippen LogP) is 1.09. The lowest BCUT2D eigenvalue weighted by molar-refractivity contribution is 0.260. The molecule has 0 atom stereocenters. The minimum Gasteiger partial charge on any atom is -0.399 e. The van der Waals surface area contributed by atoms with Crippen LogP contribution in [0.4, 0.5) is 5.69 Å². The second kappa shape index (κ2) is 6.19. The number of aliphatic hydroxyl groups excluding tert-OH is 1. The van der Waals surface area contributed by atoms with Crippen LogP contribution in [0, 0.1) is 0 Å². The number of nitrogens with zero attached hydrogens (tertiary/aromatic N) is 1. The Labute approximate surface area is 112 Å². The maximum absolute atomic E-state index is 12.3. The van der Waals surface area contributed by atoms with Crippen LogP contribution in [0.15, 0.2) is 35.7 Å². The Morgan fingerprint density at radius 3 is 2.67 bits per heavy atom. The third-order valence-corrected chi connectivity index (χ3v) is 4.60. The van der Waals surface area contributed by atoms with E-state index in [0.29, 0.717) is 5.69 Å².